The molecule has 0 radical (unpaired) electrons. The number of rotatable bonds is 12. The quantitative estimate of drug-likeness (QED) is 0.335. The van der Waals surface area contributed by atoms with Crippen LogP contribution in [0.2, 0.25) is 0 Å². The highest BCUT2D eigenvalue weighted by Crippen LogP contribution is 2.25. The normalized spacial score (nSPS) is 15.0. The van der Waals surface area contributed by atoms with Crippen molar-refractivity contribution in [1.82, 2.24) is 0 Å². The lowest BCUT2D eigenvalue weighted by atomic mass is 9.87. The molecule has 18 heavy (non-hydrogen) atoms. The molecule has 0 saturated carbocycles. The third-order valence-electron chi connectivity index (χ3n) is 4.58. The van der Waals surface area contributed by atoms with Crippen molar-refractivity contribution in [3.63, 3.8) is 0 Å². The summed E-state index contributed by atoms with van der Waals surface area (Å²) in [7, 11) is 0. The molecule has 2 unspecified atom stereocenters. The molecule has 2 atom stereocenters. The zero-order valence-corrected chi connectivity index (χ0v) is 13.8. The van der Waals surface area contributed by atoms with E-state index in [1.807, 2.05) is 0 Å². The van der Waals surface area contributed by atoms with Gasteiger partial charge in [0.2, 0.25) is 0 Å². The van der Waals surface area contributed by atoms with Crippen molar-refractivity contribution < 1.29 is 0 Å². The monoisotopic (exact) mass is 254 g/mol. The Labute approximate surface area is 117 Å². The maximum atomic E-state index is 2.46. The first kappa shape index (κ1) is 18.0. The fourth-order valence-electron chi connectivity index (χ4n) is 3.06. The van der Waals surface area contributed by atoms with Crippen molar-refractivity contribution in [3.8, 4) is 0 Å². The third kappa shape index (κ3) is 9.97. The maximum absolute atomic E-state index is 2.46. The third-order valence-corrected chi connectivity index (χ3v) is 4.58. The van der Waals surface area contributed by atoms with Gasteiger partial charge < -0.3 is 0 Å². The van der Waals surface area contributed by atoms with Crippen LogP contribution >= 0.6 is 0 Å². The molecule has 0 aliphatic heterocycles. The zero-order chi connectivity index (χ0) is 13.8. The van der Waals surface area contributed by atoms with E-state index in [4.69, 9.17) is 0 Å². The molecule has 0 aromatic rings. The minimum atomic E-state index is 0.937. The Kier molecular flexibility index (Phi) is 12.1. The summed E-state index contributed by atoms with van der Waals surface area (Å²) in [5.74, 6) is 2.86. The van der Waals surface area contributed by atoms with Gasteiger partial charge in [0.05, 0.1) is 0 Å². The fourth-order valence-corrected chi connectivity index (χ4v) is 3.06. The van der Waals surface area contributed by atoms with Gasteiger partial charge in [-0.05, 0) is 24.2 Å². The maximum Gasteiger partial charge on any atom is -0.0419 e. The molecule has 0 heterocycles. The van der Waals surface area contributed by atoms with E-state index >= 15 is 0 Å². The Morgan fingerprint density at radius 2 is 1.28 bits per heavy atom. The molecular weight excluding hydrogens is 216 g/mol. The summed E-state index contributed by atoms with van der Waals surface area (Å²) in [5.41, 5.74) is 0. The first-order chi connectivity index (χ1) is 8.63. The fraction of sp³-hybridized carbons (Fsp3) is 1.00. The van der Waals surface area contributed by atoms with Gasteiger partial charge in [-0.25, -0.2) is 0 Å². The van der Waals surface area contributed by atoms with E-state index in [-0.39, 0.29) is 0 Å². The molecule has 0 saturated heterocycles. The molecule has 0 rings (SSSR count). The van der Waals surface area contributed by atoms with E-state index in [0.717, 1.165) is 17.8 Å². The van der Waals surface area contributed by atoms with Gasteiger partial charge in [0.1, 0.15) is 0 Å². The van der Waals surface area contributed by atoms with Crippen LogP contribution in [0.3, 0.4) is 0 Å². The molecule has 0 heteroatoms. The summed E-state index contributed by atoms with van der Waals surface area (Å²) < 4.78 is 0. The summed E-state index contributed by atoms with van der Waals surface area (Å²) >= 11 is 0. The van der Waals surface area contributed by atoms with Crippen LogP contribution in [-0.2, 0) is 0 Å². The summed E-state index contributed by atoms with van der Waals surface area (Å²) in [6.07, 6.45) is 14.2. The molecule has 0 aromatic carbocycles. The van der Waals surface area contributed by atoms with Gasteiger partial charge in [0.25, 0.3) is 0 Å². The van der Waals surface area contributed by atoms with Gasteiger partial charge in [0, 0.05) is 0 Å². The molecule has 0 aromatic heterocycles. The molecule has 0 fully saturated rings. The van der Waals surface area contributed by atoms with Crippen molar-refractivity contribution in [1.29, 1.82) is 0 Å². The average Bonchev–Trinajstić information content (AvgIpc) is 2.36. The van der Waals surface area contributed by atoms with E-state index in [1.54, 1.807) is 0 Å². The average molecular weight is 255 g/mol. The first-order valence-electron chi connectivity index (χ1n) is 8.63. The van der Waals surface area contributed by atoms with Crippen LogP contribution in [0.25, 0.3) is 0 Å². The van der Waals surface area contributed by atoms with Gasteiger partial charge in [-0.3, -0.25) is 0 Å². The van der Waals surface area contributed by atoms with E-state index in [2.05, 4.69) is 34.6 Å². The molecule has 0 N–H and O–H groups in total. The Morgan fingerprint density at radius 1 is 0.667 bits per heavy atom. The molecule has 0 bridgehead atoms. The van der Waals surface area contributed by atoms with Gasteiger partial charge in [0.15, 0.2) is 0 Å². The van der Waals surface area contributed by atoms with Crippen LogP contribution < -0.4 is 0 Å². The van der Waals surface area contributed by atoms with E-state index in [9.17, 15) is 0 Å². The Morgan fingerprint density at radius 3 is 1.83 bits per heavy atom. The highest BCUT2D eigenvalue weighted by Gasteiger charge is 2.11. The van der Waals surface area contributed by atoms with Crippen LogP contribution in [-0.4, -0.2) is 0 Å². The number of hydrogen-bond acceptors (Lipinski definition) is 0. The van der Waals surface area contributed by atoms with Crippen molar-refractivity contribution in [2.24, 2.45) is 17.8 Å². The lowest BCUT2D eigenvalue weighted by Gasteiger charge is -2.19. The first-order valence-corrected chi connectivity index (χ1v) is 8.63. The minimum absolute atomic E-state index is 0.937. The van der Waals surface area contributed by atoms with Crippen LogP contribution in [0.5, 0.6) is 0 Å². The summed E-state index contributed by atoms with van der Waals surface area (Å²) in [4.78, 5) is 0. The molecule has 0 nitrogen and oxygen atoms in total. The van der Waals surface area contributed by atoms with Crippen molar-refractivity contribution >= 4 is 0 Å². The highest BCUT2D eigenvalue weighted by atomic mass is 14.2. The lowest BCUT2D eigenvalue weighted by molar-refractivity contribution is 0.329. The van der Waals surface area contributed by atoms with Gasteiger partial charge in [-0.1, -0.05) is 92.4 Å². The Bertz CT molecular complexity index is 157. The Hall–Kier alpha value is 0. The molecule has 0 spiro atoms. The van der Waals surface area contributed by atoms with Crippen LogP contribution in [0, 0.1) is 17.8 Å². The zero-order valence-electron chi connectivity index (χ0n) is 13.8. The van der Waals surface area contributed by atoms with Crippen molar-refractivity contribution in [3.05, 3.63) is 0 Å². The molecule has 0 amide bonds. The van der Waals surface area contributed by atoms with Crippen LogP contribution in [0.4, 0.5) is 0 Å². The molecular formula is C18H38. The summed E-state index contributed by atoms with van der Waals surface area (Å²) in [6, 6.07) is 0. The number of unbranched alkanes of at least 4 members (excludes halogenated alkanes) is 3. The summed E-state index contributed by atoms with van der Waals surface area (Å²) in [6.45, 7) is 11.9. The van der Waals surface area contributed by atoms with Crippen molar-refractivity contribution in [2.45, 2.75) is 98.8 Å². The number of hydrogen-bond donors (Lipinski definition) is 0. The topological polar surface area (TPSA) is 0 Å². The van der Waals surface area contributed by atoms with Crippen LogP contribution in [0.1, 0.15) is 98.8 Å². The second-order valence-corrected chi connectivity index (χ2v) is 6.56. The molecule has 0 aliphatic carbocycles. The predicted molar refractivity (Wildman–Crippen MR) is 85.0 cm³/mol. The van der Waals surface area contributed by atoms with Gasteiger partial charge in [-0.2, -0.15) is 0 Å². The van der Waals surface area contributed by atoms with E-state index in [0.29, 0.717) is 0 Å². The molecule has 110 valence electrons. The molecule has 0 aliphatic rings. The van der Waals surface area contributed by atoms with Crippen molar-refractivity contribution in [2.75, 3.05) is 0 Å². The highest BCUT2D eigenvalue weighted by molar-refractivity contribution is 4.63. The van der Waals surface area contributed by atoms with Gasteiger partial charge in [-0.15, -0.1) is 0 Å². The standard InChI is InChI=1S/C18H38/c1-6-9-10-11-12-16(4)15-17(5)13-14-18(7-2)8-3/h16-18H,6-15H2,1-5H3. The largest absolute Gasteiger partial charge is 0.0654 e. The predicted octanol–water partition coefficient (Wildman–Crippen LogP) is 6.84. The smallest absolute Gasteiger partial charge is 0.0419 e. The van der Waals surface area contributed by atoms with Crippen LogP contribution in [0.15, 0.2) is 0 Å². The van der Waals surface area contributed by atoms with E-state index < -0.39 is 0 Å². The Balaban J connectivity index is 3.56. The second-order valence-electron chi connectivity index (χ2n) is 6.56. The van der Waals surface area contributed by atoms with E-state index in [1.165, 1.54) is 64.2 Å². The minimum Gasteiger partial charge on any atom is -0.0654 e. The van der Waals surface area contributed by atoms with Gasteiger partial charge >= 0.3 is 0 Å². The second kappa shape index (κ2) is 12.1. The lowest BCUT2D eigenvalue weighted by Crippen LogP contribution is -2.06. The SMILES string of the molecule is CCCCCCC(C)CC(C)CCC(CC)CC. The summed E-state index contributed by atoms with van der Waals surface area (Å²) in [5, 5.41) is 0.